The van der Waals surface area contributed by atoms with E-state index in [-0.39, 0.29) is 25.3 Å². The Balaban J connectivity index is 0.00000240. The van der Waals surface area contributed by atoms with Crippen LogP contribution in [0.15, 0.2) is 36.7 Å². The lowest BCUT2D eigenvalue weighted by molar-refractivity contribution is -0.119. The molecule has 0 bridgehead atoms. The first-order valence-corrected chi connectivity index (χ1v) is 9.31. The number of anilines is 1. The summed E-state index contributed by atoms with van der Waals surface area (Å²) in [6.45, 7) is 3.13. The Labute approximate surface area is 177 Å². The van der Waals surface area contributed by atoms with Crippen LogP contribution in [0.4, 0.5) is 5.69 Å². The van der Waals surface area contributed by atoms with Crippen LogP contribution in [-0.4, -0.2) is 48.1 Å². The van der Waals surface area contributed by atoms with Crippen molar-refractivity contribution in [2.24, 2.45) is 5.92 Å². The number of carbonyl (C=O) groups excluding carboxylic acids is 1. The van der Waals surface area contributed by atoms with Crippen molar-refractivity contribution in [2.75, 3.05) is 32.1 Å². The van der Waals surface area contributed by atoms with Gasteiger partial charge in [0.15, 0.2) is 5.52 Å². The molecule has 1 N–H and O–H groups in total. The highest BCUT2D eigenvalue weighted by molar-refractivity contribution is 7.59. The maximum Gasteiger partial charge on any atom is 0.242 e. The minimum Gasteiger partial charge on any atom is -0.476 e. The summed E-state index contributed by atoms with van der Waals surface area (Å²) < 4.78 is 5.99. The van der Waals surface area contributed by atoms with Crippen molar-refractivity contribution >= 4 is 36.1 Å². The van der Waals surface area contributed by atoms with Crippen molar-refractivity contribution in [1.29, 1.82) is 0 Å². The lowest BCUT2D eigenvalue weighted by Crippen LogP contribution is -2.17. The molecule has 152 valence electrons. The fourth-order valence-corrected chi connectivity index (χ4v) is 3.49. The monoisotopic (exact) mass is 411 g/mol. The fraction of sp³-hybridized carbons (Fsp3) is 0.333. The van der Waals surface area contributed by atoms with Crippen molar-refractivity contribution in [3.8, 4) is 17.1 Å². The zero-order chi connectivity index (χ0) is 19.7. The minimum atomic E-state index is 0. The molecule has 4 rings (SSSR count). The van der Waals surface area contributed by atoms with Crippen LogP contribution in [0.2, 0.25) is 0 Å². The molecule has 1 aromatic carbocycles. The molecule has 1 fully saturated rings. The van der Waals surface area contributed by atoms with E-state index in [4.69, 9.17) is 9.72 Å². The smallest absolute Gasteiger partial charge is 0.242 e. The van der Waals surface area contributed by atoms with Gasteiger partial charge in [-0.05, 0) is 30.7 Å². The molecule has 1 amide bonds. The normalized spacial score (nSPS) is 15.7. The number of nitrogens with one attached hydrogen (secondary N) is 1. The lowest BCUT2D eigenvalue weighted by atomic mass is 10.1. The quantitative estimate of drug-likeness (QED) is 0.695. The first-order chi connectivity index (χ1) is 13.5. The molecule has 7 nitrogen and oxygen atoms in total. The van der Waals surface area contributed by atoms with Gasteiger partial charge in [0, 0.05) is 56.6 Å². The number of aromatic nitrogens is 3. The molecule has 1 atom stereocenters. The van der Waals surface area contributed by atoms with E-state index in [2.05, 4.69) is 45.3 Å². The molecular weight excluding hydrogens is 386 g/mol. The van der Waals surface area contributed by atoms with Crippen molar-refractivity contribution in [3.63, 3.8) is 0 Å². The average Bonchev–Trinajstić information content (AvgIpc) is 3.10. The van der Waals surface area contributed by atoms with Crippen molar-refractivity contribution in [3.05, 3.63) is 42.2 Å². The van der Waals surface area contributed by atoms with Gasteiger partial charge in [0.1, 0.15) is 0 Å². The van der Waals surface area contributed by atoms with Gasteiger partial charge in [-0.2, -0.15) is 13.5 Å². The average molecular weight is 412 g/mol. The lowest BCUT2D eigenvalue weighted by Gasteiger charge is -2.17. The summed E-state index contributed by atoms with van der Waals surface area (Å²) in [4.78, 5) is 27.0. The standard InChI is InChI=1S/C21H23N5O2.H2S/c1-13-8-15(4-5-18(13)26(2)3)16-10-17-20(23-7-6-22-17)21(25-16)28-12-14-9-19(27)24-11-14;/h4-8,10,14H,9,11-12H2,1-3H3,(H,24,27);1H2/t14-;/m0./s1. The largest absolute Gasteiger partial charge is 0.476 e. The number of pyridine rings is 1. The second kappa shape index (κ2) is 8.65. The fourth-order valence-electron chi connectivity index (χ4n) is 3.49. The molecule has 1 aliphatic rings. The van der Waals surface area contributed by atoms with Crippen molar-refractivity contribution in [1.82, 2.24) is 20.3 Å². The SMILES string of the molecule is Cc1cc(-c2cc3nccnc3c(OC[C@@H]3CNC(=O)C3)n2)ccc1N(C)C.S. The highest BCUT2D eigenvalue weighted by Crippen LogP contribution is 2.30. The van der Waals surface area contributed by atoms with Gasteiger partial charge in [0.2, 0.25) is 11.8 Å². The van der Waals surface area contributed by atoms with Crippen LogP contribution < -0.4 is 15.0 Å². The van der Waals surface area contributed by atoms with Crippen LogP contribution in [0.1, 0.15) is 12.0 Å². The number of ether oxygens (including phenoxy) is 1. The Morgan fingerprint density at radius 3 is 2.69 bits per heavy atom. The summed E-state index contributed by atoms with van der Waals surface area (Å²) in [6.07, 6.45) is 3.78. The number of benzene rings is 1. The molecule has 8 heteroatoms. The van der Waals surface area contributed by atoms with Crippen LogP contribution in [0.3, 0.4) is 0 Å². The third-order valence-corrected chi connectivity index (χ3v) is 4.92. The number of amides is 1. The predicted octanol–water partition coefficient (Wildman–Crippen LogP) is 2.69. The summed E-state index contributed by atoms with van der Waals surface area (Å²) in [5.41, 5.74) is 5.48. The van der Waals surface area contributed by atoms with E-state index in [0.717, 1.165) is 16.8 Å². The summed E-state index contributed by atoms with van der Waals surface area (Å²) in [5, 5.41) is 2.83. The topological polar surface area (TPSA) is 80.2 Å². The maximum absolute atomic E-state index is 11.4. The number of hydrogen-bond donors (Lipinski definition) is 1. The van der Waals surface area contributed by atoms with Crippen LogP contribution in [0.5, 0.6) is 5.88 Å². The number of hydrogen-bond acceptors (Lipinski definition) is 6. The van der Waals surface area contributed by atoms with Gasteiger partial charge in [-0.1, -0.05) is 6.07 Å². The molecular formula is C21H25N5O2S. The van der Waals surface area contributed by atoms with Gasteiger partial charge < -0.3 is 15.0 Å². The molecule has 1 aliphatic heterocycles. The molecule has 29 heavy (non-hydrogen) atoms. The molecule has 0 aliphatic carbocycles. The van der Waals surface area contributed by atoms with E-state index in [1.807, 2.05) is 20.2 Å². The number of fused-ring (bicyclic) bond motifs is 1. The summed E-state index contributed by atoms with van der Waals surface area (Å²) >= 11 is 0. The Morgan fingerprint density at radius 1 is 1.21 bits per heavy atom. The Morgan fingerprint density at radius 2 is 2.00 bits per heavy atom. The van der Waals surface area contributed by atoms with Crippen LogP contribution in [0, 0.1) is 12.8 Å². The first kappa shape index (κ1) is 20.9. The number of nitrogens with zero attached hydrogens (tertiary/aromatic N) is 4. The van der Waals surface area contributed by atoms with Gasteiger partial charge in [-0.3, -0.25) is 9.78 Å². The molecule has 2 aromatic heterocycles. The summed E-state index contributed by atoms with van der Waals surface area (Å²) in [5.74, 6) is 0.664. The zero-order valence-corrected chi connectivity index (χ0v) is 17.8. The Bertz CT molecular complexity index is 1040. The predicted molar refractivity (Wildman–Crippen MR) is 119 cm³/mol. The second-order valence-electron chi connectivity index (χ2n) is 7.32. The first-order valence-electron chi connectivity index (χ1n) is 9.31. The summed E-state index contributed by atoms with van der Waals surface area (Å²) in [7, 11) is 4.06. The Hall–Kier alpha value is -2.87. The molecule has 3 heterocycles. The molecule has 0 spiro atoms. The van der Waals surface area contributed by atoms with Crippen LogP contribution in [-0.2, 0) is 4.79 Å². The molecule has 0 radical (unpaired) electrons. The van der Waals surface area contributed by atoms with Crippen molar-refractivity contribution < 1.29 is 9.53 Å². The van der Waals surface area contributed by atoms with Crippen LogP contribution >= 0.6 is 13.5 Å². The van der Waals surface area contributed by atoms with Gasteiger partial charge in [-0.25, -0.2) is 9.97 Å². The minimum absolute atomic E-state index is 0. The number of rotatable bonds is 5. The van der Waals surface area contributed by atoms with E-state index in [1.165, 1.54) is 11.3 Å². The molecule has 0 saturated carbocycles. The van der Waals surface area contributed by atoms with E-state index in [1.54, 1.807) is 12.4 Å². The van der Waals surface area contributed by atoms with Gasteiger partial charge in [0.05, 0.1) is 17.8 Å². The molecule has 3 aromatic rings. The van der Waals surface area contributed by atoms with Crippen LogP contribution in [0.25, 0.3) is 22.3 Å². The van der Waals surface area contributed by atoms with E-state index in [0.29, 0.717) is 31.0 Å². The van der Waals surface area contributed by atoms with E-state index in [9.17, 15) is 4.79 Å². The number of carbonyl (C=O) groups is 1. The molecule has 1 saturated heterocycles. The third kappa shape index (κ3) is 4.42. The Kier molecular flexibility index (Phi) is 6.22. The zero-order valence-electron chi connectivity index (χ0n) is 16.8. The van der Waals surface area contributed by atoms with Gasteiger partial charge >= 0.3 is 0 Å². The highest BCUT2D eigenvalue weighted by atomic mass is 32.1. The van der Waals surface area contributed by atoms with E-state index < -0.39 is 0 Å². The van der Waals surface area contributed by atoms with Gasteiger partial charge in [0.25, 0.3) is 0 Å². The van der Waals surface area contributed by atoms with Gasteiger partial charge in [-0.15, -0.1) is 0 Å². The van der Waals surface area contributed by atoms with E-state index >= 15 is 0 Å². The number of aryl methyl sites for hydroxylation is 1. The van der Waals surface area contributed by atoms with Crippen molar-refractivity contribution in [2.45, 2.75) is 13.3 Å². The molecule has 0 unspecified atom stereocenters. The third-order valence-electron chi connectivity index (χ3n) is 4.92. The maximum atomic E-state index is 11.4. The second-order valence-corrected chi connectivity index (χ2v) is 7.32. The highest BCUT2D eigenvalue weighted by Gasteiger charge is 2.23. The summed E-state index contributed by atoms with van der Waals surface area (Å²) in [6, 6.07) is 8.18.